The molecule has 0 aliphatic heterocycles. The van der Waals surface area contributed by atoms with Crippen LogP contribution in [0.2, 0.25) is 0 Å². The van der Waals surface area contributed by atoms with Gasteiger partial charge < -0.3 is 10.6 Å². The monoisotopic (exact) mass is 185 g/mol. The van der Waals surface area contributed by atoms with E-state index >= 15 is 0 Å². The van der Waals surface area contributed by atoms with Crippen LogP contribution in [0, 0.1) is 0 Å². The summed E-state index contributed by atoms with van der Waals surface area (Å²) in [5.74, 6) is 0.170. The molecule has 1 aromatic heterocycles. The summed E-state index contributed by atoms with van der Waals surface area (Å²) in [6, 6.07) is 8.52. The quantitative estimate of drug-likeness (QED) is 0.416. The van der Waals surface area contributed by atoms with Gasteiger partial charge in [0.2, 0.25) is 0 Å². The summed E-state index contributed by atoms with van der Waals surface area (Å²) in [4.78, 5) is 7.04. The first kappa shape index (κ1) is 8.41. The molecule has 4 nitrogen and oxygen atoms in total. The number of rotatable bonds is 1. The Bertz CT molecular complexity index is 530. The smallest absolute Gasteiger partial charge is 0.305 e. The van der Waals surface area contributed by atoms with Gasteiger partial charge in [-0.3, -0.25) is 0 Å². The number of phenolic OH excluding ortho intramolecular Hbond substituents is 1. The first-order chi connectivity index (χ1) is 6.79. The lowest BCUT2D eigenvalue weighted by Gasteiger charge is -1.97. The van der Waals surface area contributed by atoms with E-state index in [0.717, 1.165) is 5.39 Å². The lowest BCUT2D eigenvalue weighted by atomic mass is 10.2. The number of nitrogens with zero attached hydrogens (tertiary/aromatic N) is 3. The number of phenols is 1. The summed E-state index contributed by atoms with van der Waals surface area (Å²) in [6.07, 6.45) is 1.24. The highest BCUT2D eigenvalue weighted by molar-refractivity contribution is 5.84. The summed E-state index contributed by atoms with van der Waals surface area (Å²) in [7, 11) is 0. The van der Waals surface area contributed by atoms with E-state index in [1.165, 1.54) is 6.21 Å². The highest BCUT2D eigenvalue weighted by Gasteiger charge is 1.99. The van der Waals surface area contributed by atoms with Crippen molar-refractivity contribution >= 4 is 17.1 Å². The molecule has 4 heteroatoms. The zero-order chi connectivity index (χ0) is 9.97. The van der Waals surface area contributed by atoms with Crippen LogP contribution in [0.4, 0.5) is 0 Å². The molecule has 1 N–H and O–H groups in total. The second-order valence-electron chi connectivity index (χ2n) is 2.86. The van der Waals surface area contributed by atoms with E-state index in [1.54, 1.807) is 24.3 Å². The third-order valence-electron chi connectivity index (χ3n) is 1.89. The van der Waals surface area contributed by atoms with Crippen molar-refractivity contribution in [2.24, 2.45) is 0 Å². The third kappa shape index (κ3) is 1.46. The molecule has 0 bridgehead atoms. The molecule has 0 atom stereocenters. The second-order valence-corrected chi connectivity index (χ2v) is 2.86. The maximum Gasteiger partial charge on any atom is 0.305 e. The molecule has 0 aliphatic carbocycles. The van der Waals surface area contributed by atoms with Gasteiger partial charge in [0.15, 0.2) is 0 Å². The highest BCUT2D eigenvalue weighted by atomic mass is 16.3. The van der Waals surface area contributed by atoms with Crippen LogP contribution in [0.5, 0.6) is 5.75 Å². The van der Waals surface area contributed by atoms with Crippen molar-refractivity contribution in [3.8, 4) is 5.75 Å². The van der Waals surface area contributed by atoms with Crippen LogP contribution >= 0.6 is 0 Å². The molecule has 14 heavy (non-hydrogen) atoms. The molecule has 1 aromatic carbocycles. The van der Waals surface area contributed by atoms with E-state index in [4.69, 9.17) is 5.53 Å². The minimum atomic E-state index is 0.170. The van der Waals surface area contributed by atoms with Gasteiger partial charge in [0.05, 0.1) is 5.52 Å². The lowest BCUT2D eigenvalue weighted by Crippen LogP contribution is -1.88. The Hall–Kier alpha value is -2.19. The van der Waals surface area contributed by atoms with Crippen LogP contribution in [0.15, 0.2) is 30.3 Å². The molecule has 0 aliphatic rings. The maximum atomic E-state index is 9.23. The molecule has 0 amide bonds. The average molecular weight is 185 g/mol. The van der Waals surface area contributed by atoms with Gasteiger partial charge in [-0.2, -0.15) is 4.79 Å². The Labute approximate surface area is 80.1 Å². The number of benzene rings is 1. The fraction of sp³-hybridized carbons (Fsp3) is 0. The Balaban J connectivity index is 2.69. The topological polar surface area (TPSA) is 69.5 Å². The molecule has 0 saturated carbocycles. The van der Waals surface area contributed by atoms with Crippen molar-refractivity contribution < 1.29 is 9.90 Å². The molecule has 0 saturated heterocycles. The van der Waals surface area contributed by atoms with Gasteiger partial charge in [0.25, 0.3) is 0 Å². The Kier molecular flexibility index (Phi) is 1.97. The van der Waals surface area contributed by atoms with Gasteiger partial charge in [-0.15, -0.1) is 0 Å². The number of aromatic hydroxyl groups is 1. The lowest BCUT2D eigenvalue weighted by molar-refractivity contribution is 0.00428. The minimum absolute atomic E-state index is 0.170. The van der Waals surface area contributed by atoms with Crippen LogP contribution in [0.25, 0.3) is 16.4 Å². The summed E-state index contributed by atoms with van der Waals surface area (Å²) in [5.41, 5.74) is 9.54. The zero-order valence-corrected chi connectivity index (χ0v) is 7.25. The number of hydrogen-bond donors (Lipinski definition) is 1. The molecule has 0 unspecified atom stereocenters. The van der Waals surface area contributed by atoms with E-state index in [9.17, 15) is 5.11 Å². The standard InChI is InChI=1S/C10H7N3O/c11-12-6-8-3-1-7-2-4-9(14)5-10(7)13-8/h1-6,14H. The fourth-order valence-corrected chi connectivity index (χ4v) is 1.25. The first-order valence-corrected chi connectivity index (χ1v) is 4.07. The van der Waals surface area contributed by atoms with Crippen molar-refractivity contribution in [3.63, 3.8) is 0 Å². The molecule has 2 rings (SSSR count). The molecule has 0 fully saturated rings. The van der Waals surface area contributed by atoms with E-state index in [0.29, 0.717) is 11.2 Å². The van der Waals surface area contributed by atoms with E-state index in [2.05, 4.69) is 9.77 Å². The van der Waals surface area contributed by atoms with Crippen LogP contribution in [-0.2, 0) is 0 Å². The van der Waals surface area contributed by atoms with Gasteiger partial charge in [-0.05, 0) is 18.2 Å². The van der Waals surface area contributed by atoms with Crippen LogP contribution < -0.4 is 0 Å². The number of hydrogen-bond acceptors (Lipinski definition) is 2. The van der Waals surface area contributed by atoms with Crippen LogP contribution in [0.1, 0.15) is 5.69 Å². The van der Waals surface area contributed by atoms with Gasteiger partial charge in [0, 0.05) is 11.5 Å². The number of aromatic nitrogens is 1. The predicted octanol–water partition coefficient (Wildman–Crippen LogP) is 1.59. The van der Waals surface area contributed by atoms with E-state index in [-0.39, 0.29) is 5.75 Å². The van der Waals surface area contributed by atoms with Gasteiger partial charge >= 0.3 is 6.21 Å². The van der Waals surface area contributed by atoms with Crippen molar-refractivity contribution in [2.75, 3.05) is 0 Å². The largest absolute Gasteiger partial charge is 0.508 e. The summed E-state index contributed by atoms with van der Waals surface area (Å²) >= 11 is 0. The molecule has 68 valence electrons. The molecular formula is C10H7N3O. The molecule has 0 radical (unpaired) electrons. The summed E-state index contributed by atoms with van der Waals surface area (Å²) in [6.45, 7) is 0. The molecule has 2 aromatic rings. The van der Waals surface area contributed by atoms with Gasteiger partial charge in [-0.1, -0.05) is 6.07 Å². The molecule has 0 spiro atoms. The van der Waals surface area contributed by atoms with Crippen molar-refractivity contribution in [1.82, 2.24) is 4.98 Å². The number of pyridine rings is 1. The average Bonchev–Trinajstić information content (AvgIpc) is 2.17. The van der Waals surface area contributed by atoms with E-state index < -0.39 is 0 Å². The van der Waals surface area contributed by atoms with Crippen molar-refractivity contribution in [1.29, 1.82) is 0 Å². The van der Waals surface area contributed by atoms with Crippen molar-refractivity contribution in [3.05, 3.63) is 41.6 Å². The second kappa shape index (κ2) is 3.28. The normalized spacial score (nSPS) is 9.71. The van der Waals surface area contributed by atoms with Gasteiger partial charge in [-0.25, -0.2) is 4.98 Å². The van der Waals surface area contributed by atoms with Crippen molar-refractivity contribution in [2.45, 2.75) is 0 Å². The fourth-order valence-electron chi connectivity index (χ4n) is 1.25. The Morgan fingerprint density at radius 2 is 2.07 bits per heavy atom. The zero-order valence-electron chi connectivity index (χ0n) is 7.25. The number of fused-ring (bicyclic) bond motifs is 1. The van der Waals surface area contributed by atoms with E-state index in [1.807, 2.05) is 6.07 Å². The maximum absolute atomic E-state index is 9.23. The SMILES string of the molecule is [N-]=[N+]=Cc1ccc2ccc(O)cc2n1. The Morgan fingerprint density at radius 3 is 2.86 bits per heavy atom. The Morgan fingerprint density at radius 1 is 1.29 bits per heavy atom. The summed E-state index contributed by atoms with van der Waals surface area (Å²) < 4.78 is 0. The first-order valence-electron chi connectivity index (χ1n) is 4.07. The predicted molar refractivity (Wildman–Crippen MR) is 52.2 cm³/mol. The molecular weight excluding hydrogens is 178 g/mol. The molecule has 1 heterocycles. The van der Waals surface area contributed by atoms with Crippen LogP contribution in [-0.4, -0.2) is 21.1 Å². The summed E-state index contributed by atoms with van der Waals surface area (Å²) in [5, 5.41) is 10.2. The minimum Gasteiger partial charge on any atom is -0.508 e. The highest BCUT2D eigenvalue weighted by Crippen LogP contribution is 2.17. The third-order valence-corrected chi connectivity index (χ3v) is 1.89. The van der Waals surface area contributed by atoms with Gasteiger partial charge in [0.1, 0.15) is 11.4 Å². The van der Waals surface area contributed by atoms with Crippen LogP contribution in [0.3, 0.4) is 0 Å².